The molecule has 0 amide bonds. The van der Waals surface area contributed by atoms with Crippen LogP contribution in [0.3, 0.4) is 0 Å². The van der Waals surface area contributed by atoms with Crippen LogP contribution in [-0.4, -0.2) is 33.5 Å². The number of aromatic nitrogens is 1. The fourth-order valence-corrected chi connectivity index (χ4v) is 4.74. The summed E-state index contributed by atoms with van der Waals surface area (Å²) < 4.78 is 18.5. The number of pyridine rings is 1. The predicted molar refractivity (Wildman–Crippen MR) is 137 cm³/mol. The van der Waals surface area contributed by atoms with E-state index in [2.05, 4.69) is 57.9 Å². The summed E-state index contributed by atoms with van der Waals surface area (Å²) in [5, 5.41) is 13.1. The van der Waals surface area contributed by atoms with E-state index in [-0.39, 0.29) is 16.7 Å². The van der Waals surface area contributed by atoms with Crippen molar-refractivity contribution in [1.82, 2.24) is 4.98 Å². The zero-order valence-corrected chi connectivity index (χ0v) is 23.3. The van der Waals surface area contributed by atoms with E-state index >= 15 is 0 Å². The highest BCUT2D eigenvalue weighted by Gasteiger charge is 2.32. The lowest BCUT2D eigenvalue weighted by Gasteiger charge is -2.38. The minimum Gasteiger partial charge on any atom is -0.490 e. The number of nitrogens with zero attached hydrogens (tertiary/aromatic N) is 2. The third kappa shape index (κ3) is 6.96. The van der Waals surface area contributed by atoms with E-state index in [1.807, 2.05) is 39.0 Å². The molecule has 1 N–H and O–H groups in total. The summed E-state index contributed by atoms with van der Waals surface area (Å²) in [5.41, 5.74) is 3.66. The molecule has 180 valence electrons. The lowest BCUT2D eigenvalue weighted by Crippen LogP contribution is -2.45. The number of aryl methyl sites for hydroxylation is 3. The molecule has 0 aliphatic heterocycles. The zero-order chi connectivity index (χ0) is 25.0. The molecule has 33 heavy (non-hydrogen) atoms. The molecule has 1 atom stereocenters. The van der Waals surface area contributed by atoms with Crippen molar-refractivity contribution in [3.8, 4) is 23.4 Å². The standard InChI is InChI=1S/C26H39N3O3Si/c1-11-21(26(8,9)32-33-25(5,6)7)29-20-14-18(4)28-24(23(20)30-10)31-22-16(2)12-19(15-27)13-17(22)3/h12-14,21H,11,33H2,1-10H3,(H,28,29). The van der Waals surface area contributed by atoms with Crippen LogP contribution in [0.25, 0.3) is 0 Å². The molecule has 0 bridgehead atoms. The number of methoxy groups -OCH3 is 1. The fourth-order valence-electron chi connectivity index (χ4n) is 3.74. The number of benzene rings is 1. The van der Waals surface area contributed by atoms with Crippen molar-refractivity contribution in [2.75, 3.05) is 12.4 Å². The second-order valence-corrected chi connectivity index (χ2v) is 13.1. The van der Waals surface area contributed by atoms with Crippen LogP contribution < -0.4 is 14.8 Å². The van der Waals surface area contributed by atoms with Gasteiger partial charge in [-0.25, -0.2) is 4.98 Å². The quantitative estimate of drug-likeness (QED) is 0.456. The van der Waals surface area contributed by atoms with E-state index < -0.39 is 9.76 Å². The van der Waals surface area contributed by atoms with E-state index in [1.54, 1.807) is 7.11 Å². The molecule has 7 heteroatoms. The van der Waals surface area contributed by atoms with E-state index in [0.29, 0.717) is 22.9 Å². The molecule has 0 aliphatic rings. The molecule has 2 aromatic rings. The summed E-state index contributed by atoms with van der Waals surface area (Å²) in [6.45, 7) is 18.9. The van der Waals surface area contributed by atoms with Crippen LogP contribution in [0.1, 0.15) is 70.3 Å². The SMILES string of the molecule is CCC(Nc1cc(C)nc(Oc2c(C)cc(C#N)cc2C)c1OC)C(C)(C)O[SiH2]C(C)(C)C. The average molecular weight is 470 g/mol. The van der Waals surface area contributed by atoms with Gasteiger partial charge < -0.3 is 19.2 Å². The van der Waals surface area contributed by atoms with Crippen LogP contribution >= 0.6 is 0 Å². The Morgan fingerprint density at radius 3 is 2.15 bits per heavy atom. The normalized spacial score (nSPS) is 13.1. The Kier molecular flexibility index (Phi) is 8.55. The summed E-state index contributed by atoms with van der Waals surface area (Å²) in [7, 11) is 0.911. The molecular weight excluding hydrogens is 430 g/mol. The number of nitrogens with one attached hydrogen (secondary N) is 1. The third-order valence-corrected chi connectivity index (χ3v) is 7.27. The van der Waals surface area contributed by atoms with Crippen molar-refractivity contribution >= 4 is 15.5 Å². The maximum absolute atomic E-state index is 9.24. The Balaban J connectivity index is 2.41. The molecule has 6 nitrogen and oxygen atoms in total. The van der Waals surface area contributed by atoms with Crippen LogP contribution in [-0.2, 0) is 4.43 Å². The molecule has 0 saturated carbocycles. The summed E-state index contributed by atoms with van der Waals surface area (Å²) in [6, 6.07) is 7.87. The summed E-state index contributed by atoms with van der Waals surface area (Å²) in [5.74, 6) is 1.63. The van der Waals surface area contributed by atoms with Gasteiger partial charge in [-0.1, -0.05) is 27.7 Å². The number of hydrogen-bond donors (Lipinski definition) is 1. The lowest BCUT2D eigenvalue weighted by molar-refractivity contribution is 0.0858. The molecule has 0 radical (unpaired) electrons. The van der Waals surface area contributed by atoms with Gasteiger partial charge in [-0.2, -0.15) is 5.26 Å². The maximum atomic E-state index is 9.24. The molecular formula is C26H39N3O3Si. The largest absolute Gasteiger partial charge is 0.490 e. The second kappa shape index (κ2) is 10.6. The van der Waals surface area contributed by atoms with Crippen LogP contribution in [0.2, 0.25) is 5.04 Å². The Labute approximate surface area is 201 Å². The molecule has 2 rings (SSSR count). The van der Waals surface area contributed by atoms with E-state index in [0.717, 1.165) is 28.9 Å². The van der Waals surface area contributed by atoms with E-state index in [4.69, 9.17) is 13.9 Å². The smallest absolute Gasteiger partial charge is 0.265 e. The fraction of sp³-hybridized carbons (Fsp3) is 0.538. The van der Waals surface area contributed by atoms with Crippen LogP contribution in [0, 0.1) is 32.1 Å². The number of rotatable bonds is 9. The monoisotopic (exact) mass is 469 g/mol. The van der Waals surface area contributed by atoms with Crippen molar-refractivity contribution in [2.24, 2.45) is 0 Å². The van der Waals surface area contributed by atoms with Gasteiger partial charge in [-0.05, 0) is 75.4 Å². The highest BCUT2D eigenvalue weighted by molar-refractivity contribution is 6.31. The van der Waals surface area contributed by atoms with Gasteiger partial charge in [0.05, 0.1) is 36.1 Å². The molecule has 0 spiro atoms. The van der Waals surface area contributed by atoms with Gasteiger partial charge in [-0.15, -0.1) is 0 Å². The summed E-state index contributed by atoms with van der Waals surface area (Å²) in [6.07, 6.45) is 0.889. The predicted octanol–water partition coefficient (Wildman–Crippen LogP) is 5.97. The summed E-state index contributed by atoms with van der Waals surface area (Å²) in [4.78, 5) is 4.61. The van der Waals surface area contributed by atoms with Gasteiger partial charge in [0, 0.05) is 5.69 Å². The topological polar surface area (TPSA) is 76.4 Å². The molecule has 1 heterocycles. The minimum atomic E-state index is -0.712. The van der Waals surface area contributed by atoms with E-state index in [1.165, 1.54) is 0 Å². The number of nitriles is 1. The molecule has 0 saturated heterocycles. The van der Waals surface area contributed by atoms with Crippen molar-refractivity contribution < 1.29 is 13.9 Å². The van der Waals surface area contributed by atoms with Crippen LogP contribution in [0.4, 0.5) is 5.69 Å². The first kappa shape index (κ1) is 26.7. The molecule has 0 aliphatic carbocycles. The van der Waals surface area contributed by atoms with Gasteiger partial charge in [0.25, 0.3) is 5.88 Å². The molecule has 1 unspecified atom stereocenters. The van der Waals surface area contributed by atoms with Crippen LogP contribution in [0.15, 0.2) is 18.2 Å². The molecule has 0 fully saturated rings. The average Bonchev–Trinajstić information content (AvgIpc) is 2.72. The highest BCUT2D eigenvalue weighted by atomic mass is 28.2. The van der Waals surface area contributed by atoms with Gasteiger partial charge in [0.2, 0.25) is 5.75 Å². The van der Waals surface area contributed by atoms with E-state index in [9.17, 15) is 5.26 Å². The van der Waals surface area contributed by atoms with Crippen LogP contribution in [0.5, 0.6) is 17.4 Å². The van der Waals surface area contributed by atoms with Crippen molar-refractivity contribution in [2.45, 2.75) is 85.4 Å². The zero-order valence-electron chi connectivity index (χ0n) is 21.8. The Bertz CT molecular complexity index is 1000. The van der Waals surface area contributed by atoms with Gasteiger partial charge in [-0.3, -0.25) is 0 Å². The second-order valence-electron chi connectivity index (χ2n) is 10.4. The first-order valence-electron chi connectivity index (χ1n) is 11.5. The van der Waals surface area contributed by atoms with Crippen molar-refractivity contribution in [1.29, 1.82) is 5.26 Å². The Morgan fingerprint density at radius 2 is 1.67 bits per heavy atom. The Morgan fingerprint density at radius 1 is 1.06 bits per heavy atom. The first-order valence-corrected chi connectivity index (χ1v) is 12.7. The first-order chi connectivity index (χ1) is 15.3. The minimum absolute atomic E-state index is 0.0780. The third-order valence-electron chi connectivity index (χ3n) is 5.52. The lowest BCUT2D eigenvalue weighted by atomic mass is 9.96. The molecule has 1 aromatic carbocycles. The van der Waals surface area contributed by atoms with Crippen molar-refractivity contribution in [3.63, 3.8) is 0 Å². The number of hydrogen-bond acceptors (Lipinski definition) is 6. The maximum Gasteiger partial charge on any atom is 0.265 e. The molecule has 1 aromatic heterocycles. The summed E-state index contributed by atoms with van der Waals surface area (Å²) >= 11 is 0. The number of anilines is 1. The van der Waals surface area contributed by atoms with Gasteiger partial charge >= 0.3 is 0 Å². The van der Waals surface area contributed by atoms with Gasteiger partial charge in [0.15, 0.2) is 9.76 Å². The Hall–Kier alpha value is -2.56. The highest BCUT2D eigenvalue weighted by Crippen LogP contribution is 2.40. The van der Waals surface area contributed by atoms with Crippen molar-refractivity contribution in [3.05, 3.63) is 40.6 Å². The van der Waals surface area contributed by atoms with Gasteiger partial charge in [0.1, 0.15) is 5.75 Å². The number of ether oxygens (including phenoxy) is 2.